The second-order valence-electron chi connectivity index (χ2n) is 12.5. The Morgan fingerprint density at radius 3 is 2.23 bits per heavy atom. The van der Waals surface area contributed by atoms with Crippen LogP contribution in [0.15, 0.2) is 48.0 Å². The van der Waals surface area contributed by atoms with E-state index in [0.717, 1.165) is 55.4 Å². The lowest BCUT2D eigenvalue weighted by Gasteiger charge is -2.71. The SMILES string of the molecule is COc1ccc(C23C=C4C5CC6(O)CC7N(CCC57c5ccc(OC)c(OC)c5)C4(CC2NCC3)O6)cc1OC. The summed E-state index contributed by atoms with van der Waals surface area (Å²) in [7, 11) is 6.75. The van der Waals surface area contributed by atoms with Crippen molar-refractivity contribution in [3.63, 3.8) is 0 Å². The molecule has 0 amide bonds. The summed E-state index contributed by atoms with van der Waals surface area (Å²) in [5, 5.41) is 15.6. The van der Waals surface area contributed by atoms with Crippen LogP contribution in [-0.4, -0.2) is 75.1 Å². The third-order valence-corrected chi connectivity index (χ3v) is 11.3. The van der Waals surface area contributed by atoms with Crippen LogP contribution in [0.2, 0.25) is 0 Å². The highest BCUT2D eigenvalue weighted by Gasteiger charge is 2.77. The summed E-state index contributed by atoms with van der Waals surface area (Å²) in [4.78, 5) is 2.60. The van der Waals surface area contributed by atoms with Crippen molar-refractivity contribution in [2.75, 3.05) is 41.5 Å². The van der Waals surface area contributed by atoms with Gasteiger partial charge in [0.15, 0.2) is 28.8 Å². The van der Waals surface area contributed by atoms with Crippen LogP contribution in [0.5, 0.6) is 23.0 Å². The fourth-order valence-electron chi connectivity index (χ4n) is 9.76. The summed E-state index contributed by atoms with van der Waals surface area (Å²) in [6.45, 7) is 1.87. The number of hydrogen-bond donors (Lipinski definition) is 2. The molecule has 8 heteroatoms. The zero-order chi connectivity index (χ0) is 27.5. The molecule has 9 rings (SSSR count). The van der Waals surface area contributed by atoms with Crippen LogP contribution in [-0.2, 0) is 15.6 Å². The molecule has 0 aromatic heterocycles. The predicted molar refractivity (Wildman–Crippen MR) is 148 cm³/mol. The van der Waals surface area contributed by atoms with E-state index >= 15 is 0 Å². The Hall–Kier alpha value is -2.78. The van der Waals surface area contributed by atoms with E-state index in [9.17, 15) is 5.11 Å². The summed E-state index contributed by atoms with van der Waals surface area (Å²) in [6.07, 6.45) is 6.62. The molecular weight excluding hydrogens is 508 g/mol. The molecular formula is C32H38N2O6. The number of nitrogens with one attached hydrogen (secondary N) is 1. The van der Waals surface area contributed by atoms with Crippen LogP contribution in [0.25, 0.3) is 0 Å². The smallest absolute Gasteiger partial charge is 0.170 e. The number of hydrogen-bond acceptors (Lipinski definition) is 8. The Morgan fingerprint density at radius 2 is 1.52 bits per heavy atom. The molecule has 1 saturated carbocycles. The first-order valence-electron chi connectivity index (χ1n) is 14.5. The van der Waals surface area contributed by atoms with E-state index in [2.05, 4.69) is 40.6 Å². The second kappa shape index (κ2) is 8.16. The van der Waals surface area contributed by atoms with E-state index in [1.54, 1.807) is 28.4 Å². The van der Waals surface area contributed by atoms with Crippen LogP contribution in [0, 0.1) is 5.92 Å². The van der Waals surface area contributed by atoms with Crippen molar-refractivity contribution < 1.29 is 28.8 Å². The molecule has 40 heavy (non-hydrogen) atoms. The number of aliphatic hydroxyl groups is 1. The van der Waals surface area contributed by atoms with Gasteiger partial charge < -0.3 is 34.1 Å². The average molecular weight is 547 g/mol. The molecule has 5 heterocycles. The van der Waals surface area contributed by atoms with Gasteiger partial charge in [0.1, 0.15) is 5.72 Å². The third-order valence-electron chi connectivity index (χ3n) is 11.3. The van der Waals surface area contributed by atoms with E-state index in [1.165, 1.54) is 16.7 Å². The van der Waals surface area contributed by atoms with Gasteiger partial charge in [0.05, 0.1) is 28.4 Å². The van der Waals surface area contributed by atoms with Gasteiger partial charge in [-0.1, -0.05) is 18.2 Å². The van der Waals surface area contributed by atoms with Crippen molar-refractivity contribution in [3.05, 3.63) is 59.2 Å². The monoisotopic (exact) mass is 546 g/mol. The number of rotatable bonds is 6. The van der Waals surface area contributed by atoms with Gasteiger partial charge in [-0.3, -0.25) is 4.90 Å². The molecule has 5 saturated heterocycles. The number of nitrogens with zero attached hydrogens (tertiary/aromatic N) is 1. The van der Waals surface area contributed by atoms with Gasteiger partial charge in [0.25, 0.3) is 0 Å². The first-order chi connectivity index (χ1) is 19.4. The Bertz CT molecular complexity index is 1430. The van der Waals surface area contributed by atoms with Crippen molar-refractivity contribution in [1.29, 1.82) is 0 Å². The third kappa shape index (κ3) is 2.85. The molecule has 8 atom stereocenters. The maximum absolute atomic E-state index is 11.8. The molecule has 6 fully saturated rings. The van der Waals surface area contributed by atoms with E-state index in [4.69, 9.17) is 23.7 Å². The molecule has 212 valence electrons. The molecule has 6 bridgehead atoms. The molecule has 2 aromatic carbocycles. The summed E-state index contributed by atoms with van der Waals surface area (Å²) < 4.78 is 29.5. The number of fused-ring (bicyclic) bond motifs is 1. The number of piperidine rings is 1. The highest BCUT2D eigenvalue weighted by atomic mass is 16.7. The zero-order valence-corrected chi connectivity index (χ0v) is 23.7. The highest BCUT2D eigenvalue weighted by molar-refractivity contribution is 5.55. The molecule has 8 unspecified atom stereocenters. The number of methoxy groups -OCH3 is 4. The normalized spacial score (nSPS) is 41.8. The first kappa shape index (κ1) is 25.0. The minimum absolute atomic E-state index is 0.122. The maximum Gasteiger partial charge on any atom is 0.170 e. The lowest BCUT2D eigenvalue weighted by molar-refractivity contribution is -0.384. The predicted octanol–water partition coefficient (Wildman–Crippen LogP) is 3.50. The van der Waals surface area contributed by atoms with Crippen LogP contribution >= 0.6 is 0 Å². The quantitative estimate of drug-likeness (QED) is 0.533. The fraction of sp³-hybridized carbons (Fsp3) is 0.562. The first-order valence-corrected chi connectivity index (χ1v) is 14.5. The average Bonchev–Trinajstić information content (AvgIpc) is 3.55. The topological polar surface area (TPSA) is 81.7 Å². The minimum atomic E-state index is -1.10. The van der Waals surface area contributed by atoms with Crippen molar-refractivity contribution in [3.8, 4) is 23.0 Å². The van der Waals surface area contributed by atoms with Gasteiger partial charge in [-0.05, 0) is 60.4 Å². The van der Waals surface area contributed by atoms with Crippen LogP contribution < -0.4 is 24.3 Å². The van der Waals surface area contributed by atoms with Crippen LogP contribution in [0.4, 0.5) is 0 Å². The van der Waals surface area contributed by atoms with Gasteiger partial charge in [-0.15, -0.1) is 0 Å². The summed E-state index contributed by atoms with van der Waals surface area (Å²) in [5.74, 6) is 2.05. The molecule has 2 aliphatic carbocycles. The Morgan fingerprint density at radius 1 is 0.850 bits per heavy atom. The van der Waals surface area contributed by atoms with Gasteiger partial charge in [-0.25, -0.2) is 0 Å². The van der Waals surface area contributed by atoms with Gasteiger partial charge in [0, 0.05) is 54.6 Å². The largest absolute Gasteiger partial charge is 0.493 e. The Labute approximate surface area is 235 Å². The van der Waals surface area contributed by atoms with E-state index in [0.29, 0.717) is 12.8 Å². The second-order valence-corrected chi connectivity index (χ2v) is 12.5. The van der Waals surface area contributed by atoms with Gasteiger partial charge in [0.2, 0.25) is 0 Å². The van der Waals surface area contributed by atoms with Crippen LogP contribution in [0.3, 0.4) is 0 Å². The minimum Gasteiger partial charge on any atom is -0.493 e. The van der Waals surface area contributed by atoms with Gasteiger partial charge >= 0.3 is 0 Å². The molecule has 2 N–H and O–H groups in total. The number of ether oxygens (including phenoxy) is 5. The van der Waals surface area contributed by atoms with E-state index in [-0.39, 0.29) is 28.8 Å². The molecule has 2 aromatic rings. The van der Waals surface area contributed by atoms with Gasteiger partial charge in [-0.2, -0.15) is 0 Å². The zero-order valence-electron chi connectivity index (χ0n) is 23.7. The van der Waals surface area contributed by atoms with E-state index < -0.39 is 11.5 Å². The van der Waals surface area contributed by atoms with Crippen molar-refractivity contribution >= 4 is 0 Å². The molecule has 7 aliphatic rings. The van der Waals surface area contributed by atoms with Crippen molar-refractivity contribution in [2.24, 2.45) is 5.92 Å². The Balaban J connectivity index is 1.33. The van der Waals surface area contributed by atoms with E-state index in [1.807, 2.05) is 12.1 Å². The summed E-state index contributed by atoms with van der Waals surface area (Å²) in [6, 6.07) is 13.2. The molecule has 8 nitrogen and oxygen atoms in total. The Kier molecular flexibility index (Phi) is 5.09. The van der Waals surface area contributed by atoms with Crippen molar-refractivity contribution in [2.45, 2.75) is 66.5 Å². The fourth-order valence-corrected chi connectivity index (χ4v) is 9.76. The summed E-state index contributed by atoms with van der Waals surface area (Å²) >= 11 is 0. The van der Waals surface area contributed by atoms with Crippen molar-refractivity contribution in [1.82, 2.24) is 10.2 Å². The lowest BCUT2D eigenvalue weighted by Crippen LogP contribution is -2.79. The standard InChI is InChI=1S/C32H38N2O6/c1-36-23-7-5-19(13-25(23)38-3)29-9-11-33-27(29)17-32-22(15-29)21-16-30(35,40-32)18-28-31(21,10-12-34(28)32)20-6-8-24(37-2)26(14-20)39-4/h5-8,13-15,21,27-28,33,35H,9-12,16-18H2,1-4H3. The molecule has 1 spiro atoms. The summed E-state index contributed by atoms with van der Waals surface area (Å²) in [5.41, 5.74) is 2.95. The number of benzene rings is 2. The molecule has 5 aliphatic heterocycles. The maximum atomic E-state index is 11.8. The van der Waals surface area contributed by atoms with Crippen LogP contribution in [0.1, 0.15) is 43.2 Å². The molecule has 0 radical (unpaired) electrons. The lowest BCUT2D eigenvalue weighted by atomic mass is 9.49. The highest BCUT2D eigenvalue weighted by Crippen LogP contribution is 2.71.